The molecule has 12 heteroatoms. The molecule has 0 aliphatic heterocycles. The highest BCUT2D eigenvalue weighted by molar-refractivity contribution is 5.87. The topological polar surface area (TPSA) is 164 Å². The summed E-state index contributed by atoms with van der Waals surface area (Å²) in [6.07, 6.45) is 7.21. The fraction of sp³-hybridized carbons (Fsp3) is 0.542. The first kappa shape index (κ1) is 28.4. The lowest BCUT2D eigenvalue weighted by atomic mass is 9.72. The minimum atomic E-state index is -0.886. The maximum atomic E-state index is 12.4. The summed E-state index contributed by atoms with van der Waals surface area (Å²) in [7, 11) is 1.41. The van der Waals surface area contributed by atoms with Gasteiger partial charge in [-0.1, -0.05) is 25.3 Å². The van der Waals surface area contributed by atoms with Crippen molar-refractivity contribution in [3.05, 3.63) is 40.0 Å². The second-order valence-corrected chi connectivity index (χ2v) is 8.55. The number of carboxylic acids is 1. The van der Waals surface area contributed by atoms with E-state index in [0.29, 0.717) is 18.4 Å². The first-order valence-corrected chi connectivity index (χ1v) is 11.7. The van der Waals surface area contributed by atoms with Crippen LogP contribution in [0.3, 0.4) is 0 Å². The maximum absolute atomic E-state index is 12.4. The van der Waals surface area contributed by atoms with E-state index in [9.17, 15) is 29.6 Å². The number of rotatable bonds is 14. The van der Waals surface area contributed by atoms with Gasteiger partial charge < -0.3 is 29.5 Å². The molecule has 0 unspecified atom stereocenters. The number of carboxylic acid groups (broad SMARTS) is 1. The van der Waals surface area contributed by atoms with Crippen molar-refractivity contribution in [1.29, 1.82) is 0 Å². The van der Waals surface area contributed by atoms with Crippen LogP contribution in [0.15, 0.2) is 24.3 Å². The van der Waals surface area contributed by atoms with E-state index in [1.807, 2.05) is 0 Å². The van der Waals surface area contributed by atoms with Gasteiger partial charge in [-0.2, -0.15) is 0 Å². The van der Waals surface area contributed by atoms with Gasteiger partial charge in [-0.3, -0.25) is 4.79 Å². The summed E-state index contributed by atoms with van der Waals surface area (Å²) >= 11 is 0. The number of nitrogens with one attached hydrogen (secondary N) is 1. The molecule has 1 aromatic rings. The van der Waals surface area contributed by atoms with E-state index in [1.165, 1.54) is 25.3 Å². The van der Waals surface area contributed by atoms with Gasteiger partial charge in [0.25, 0.3) is 5.09 Å². The molecule has 0 spiro atoms. The summed E-state index contributed by atoms with van der Waals surface area (Å²) in [4.78, 5) is 49.7. The molecule has 1 aliphatic rings. The third-order valence-corrected chi connectivity index (χ3v) is 5.83. The van der Waals surface area contributed by atoms with Gasteiger partial charge in [0.1, 0.15) is 0 Å². The number of carbonyl (C=O) groups is 3. The molecule has 1 amide bonds. The van der Waals surface area contributed by atoms with Crippen molar-refractivity contribution in [2.24, 2.45) is 5.41 Å². The van der Waals surface area contributed by atoms with Crippen molar-refractivity contribution in [2.45, 2.75) is 51.4 Å². The van der Waals surface area contributed by atoms with Crippen LogP contribution >= 0.6 is 0 Å². The van der Waals surface area contributed by atoms with Crippen LogP contribution < -0.4 is 14.8 Å². The highest BCUT2D eigenvalue weighted by Crippen LogP contribution is 2.39. The average molecular weight is 509 g/mol. The van der Waals surface area contributed by atoms with E-state index in [4.69, 9.17) is 14.2 Å². The fourth-order valence-electron chi connectivity index (χ4n) is 4.03. The van der Waals surface area contributed by atoms with Gasteiger partial charge in [-0.15, -0.1) is 10.1 Å². The molecule has 0 saturated heterocycles. The molecule has 0 bridgehead atoms. The molecule has 0 radical (unpaired) electrons. The molecule has 1 aliphatic carbocycles. The summed E-state index contributed by atoms with van der Waals surface area (Å²) in [6.45, 7) is 0.255. The van der Waals surface area contributed by atoms with Gasteiger partial charge in [-0.25, -0.2) is 9.59 Å². The molecule has 1 saturated carbocycles. The predicted molar refractivity (Wildman–Crippen MR) is 127 cm³/mol. The Bertz CT molecular complexity index is 941. The zero-order valence-electron chi connectivity index (χ0n) is 20.2. The van der Waals surface area contributed by atoms with E-state index in [2.05, 4.69) is 10.2 Å². The van der Waals surface area contributed by atoms with Gasteiger partial charge in [0, 0.05) is 12.6 Å². The van der Waals surface area contributed by atoms with Crippen LogP contribution in [0.5, 0.6) is 11.5 Å². The lowest BCUT2D eigenvalue weighted by Crippen LogP contribution is -2.41. The number of carbonyl (C=O) groups excluding carboxylic acids is 2. The van der Waals surface area contributed by atoms with Crippen molar-refractivity contribution in [3.63, 3.8) is 0 Å². The summed E-state index contributed by atoms with van der Waals surface area (Å²) in [5, 5.41) is 21.1. The average Bonchev–Trinajstić information content (AvgIpc) is 2.84. The molecule has 0 heterocycles. The SMILES string of the molecule is COc1cc(/C=C/C(=O)OCCCCO[N+](=O)[O-])ccc1OC(=O)NCC1(CC(=O)O)CCCCC1. The standard InChI is InChI=1S/C24H32N2O10/c1-33-20-15-18(8-10-22(29)34-13-5-6-14-35-26(31)32)7-9-19(20)36-23(30)25-17-24(16-21(27)28)11-3-2-4-12-24/h7-10,15H,2-6,11-14,16-17H2,1H3,(H,25,30)(H,27,28)/b10-8+. The zero-order chi connectivity index (χ0) is 26.4. The van der Waals surface area contributed by atoms with Gasteiger partial charge >= 0.3 is 18.0 Å². The van der Waals surface area contributed by atoms with Crippen LogP contribution in [-0.4, -0.2) is 55.1 Å². The van der Waals surface area contributed by atoms with E-state index >= 15 is 0 Å². The van der Waals surface area contributed by atoms with E-state index in [0.717, 1.165) is 32.1 Å². The van der Waals surface area contributed by atoms with Crippen LogP contribution in [0, 0.1) is 15.5 Å². The maximum Gasteiger partial charge on any atom is 0.412 e. The molecule has 1 fully saturated rings. The minimum Gasteiger partial charge on any atom is -0.493 e. The predicted octanol–water partition coefficient (Wildman–Crippen LogP) is 3.75. The Morgan fingerprint density at radius 2 is 1.86 bits per heavy atom. The molecule has 12 nitrogen and oxygen atoms in total. The number of esters is 1. The number of benzene rings is 1. The Labute approximate surface area is 208 Å². The summed E-state index contributed by atoms with van der Waals surface area (Å²) in [6, 6.07) is 4.72. The molecule has 2 rings (SSSR count). The van der Waals surface area contributed by atoms with Gasteiger partial charge in [0.15, 0.2) is 11.5 Å². The number of hydrogen-bond donors (Lipinski definition) is 2. The van der Waals surface area contributed by atoms with E-state index in [-0.39, 0.29) is 37.7 Å². The molecular formula is C24H32N2O10. The number of nitrogens with zero attached hydrogens (tertiary/aromatic N) is 1. The van der Waals surface area contributed by atoms with E-state index in [1.54, 1.807) is 12.1 Å². The van der Waals surface area contributed by atoms with Crippen LogP contribution in [0.1, 0.15) is 56.9 Å². The van der Waals surface area contributed by atoms with Crippen LogP contribution in [0.4, 0.5) is 4.79 Å². The van der Waals surface area contributed by atoms with Crippen molar-refractivity contribution in [3.8, 4) is 11.5 Å². The molecule has 0 aromatic heterocycles. The van der Waals surface area contributed by atoms with Crippen molar-refractivity contribution < 1.29 is 43.6 Å². The number of unbranched alkanes of at least 4 members (excludes halogenated alkanes) is 1. The second kappa shape index (κ2) is 14.5. The van der Waals surface area contributed by atoms with Gasteiger partial charge in [0.2, 0.25) is 0 Å². The van der Waals surface area contributed by atoms with Gasteiger partial charge in [0.05, 0.1) is 26.7 Å². The molecule has 1 aromatic carbocycles. The summed E-state index contributed by atoms with van der Waals surface area (Å²) in [5.41, 5.74) is 0.123. The van der Waals surface area contributed by atoms with Crippen LogP contribution in [0.25, 0.3) is 6.08 Å². The number of amides is 1. The number of aliphatic carboxylic acids is 1. The minimum absolute atomic E-state index is 0.00389. The molecule has 36 heavy (non-hydrogen) atoms. The quantitative estimate of drug-likeness (QED) is 0.124. The third kappa shape index (κ3) is 10.2. The lowest BCUT2D eigenvalue weighted by Gasteiger charge is -2.36. The Morgan fingerprint density at radius 1 is 1.14 bits per heavy atom. The Balaban J connectivity index is 1.85. The van der Waals surface area contributed by atoms with Crippen molar-refractivity contribution in [1.82, 2.24) is 5.32 Å². The highest BCUT2D eigenvalue weighted by Gasteiger charge is 2.35. The van der Waals surface area contributed by atoms with Gasteiger partial charge in [-0.05, 0) is 54.9 Å². The first-order valence-electron chi connectivity index (χ1n) is 11.7. The first-order chi connectivity index (χ1) is 17.2. The number of ether oxygens (including phenoxy) is 3. The summed E-state index contributed by atoms with van der Waals surface area (Å²) in [5.74, 6) is -1.03. The van der Waals surface area contributed by atoms with Crippen LogP contribution in [0.2, 0.25) is 0 Å². The molecule has 0 atom stereocenters. The normalized spacial score (nSPS) is 14.6. The second-order valence-electron chi connectivity index (χ2n) is 8.55. The largest absolute Gasteiger partial charge is 0.493 e. The molecular weight excluding hydrogens is 476 g/mol. The number of hydrogen-bond acceptors (Lipinski definition) is 9. The fourth-order valence-corrected chi connectivity index (χ4v) is 4.03. The summed E-state index contributed by atoms with van der Waals surface area (Å²) < 4.78 is 15.7. The highest BCUT2D eigenvalue weighted by atomic mass is 16.9. The monoisotopic (exact) mass is 508 g/mol. The third-order valence-electron chi connectivity index (χ3n) is 5.83. The lowest BCUT2D eigenvalue weighted by molar-refractivity contribution is -0.757. The zero-order valence-corrected chi connectivity index (χ0v) is 20.2. The Hall–Kier alpha value is -3.83. The van der Waals surface area contributed by atoms with Crippen LogP contribution in [-0.2, 0) is 19.2 Å². The molecule has 2 N–H and O–H groups in total. The number of methoxy groups -OCH3 is 1. The molecule has 198 valence electrons. The Kier molecular flexibility index (Phi) is 11.5. The van der Waals surface area contributed by atoms with E-state index < -0.39 is 28.5 Å². The van der Waals surface area contributed by atoms with Crippen molar-refractivity contribution in [2.75, 3.05) is 26.9 Å². The smallest absolute Gasteiger partial charge is 0.412 e. The Morgan fingerprint density at radius 3 is 2.53 bits per heavy atom. The van der Waals surface area contributed by atoms with Crippen molar-refractivity contribution >= 4 is 24.1 Å².